The first-order valence-corrected chi connectivity index (χ1v) is 14.4. The Kier molecular flexibility index (Phi) is 14.1. The molecular formula is C30H42N6O9. The van der Waals surface area contributed by atoms with Gasteiger partial charge < -0.3 is 35.5 Å². The molecule has 1 aliphatic rings. The van der Waals surface area contributed by atoms with Gasteiger partial charge >= 0.3 is 18.0 Å². The number of amides is 4. The Morgan fingerprint density at radius 2 is 1.49 bits per heavy atom. The Hall–Kier alpha value is -4.82. The van der Waals surface area contributed by atoms with Crippen LogP contribution >= 0.6 is 0 Å². The van der Waals surface area contributed by atoms with Crippen LogP contribution in [-0.4, -0.2) is 91.2 Å². The average Bonchev–Trinajstić information content (AvgIpc) is 3.49. The van der Waals surface area contributed by atoms with Gasteiger partial charge in [-0.15, -0.1) is 0 Å². The van der Waals surface area contributed by atoms with Crippen LogP contribution in [0.4, 0.5) is 4.79 Å². The van der Waals surface area contributed by atoms with Crippen molar-refractivity contribution < 1.29 is 43.0 Å². The molecule has 5 atom stereocenters. The number of alkyl carbamates (subject to hydrolysis) is 1. The fraction of sp³-hybridized carbons (Fsp3) is 0.533. The largest absolute Gasteiger partial charge is 0.467 e. The van der Waals surface area contributed by atoms with Crippen LogP contribution in [0.3, 0.4) is 0 Å². The maximum absolute atomic E-state index is 13.2. The van der Waals surface area contributed by atoms with E-state index in [9.17, 15) is 28.8 Å². The Morgan fingerprint density at radius 1 is 0.867 bits per heavy atom. The van der Waals surface area contributed by atoms with E-state index >= 15 is 0 Å². The van der Waals surface area contributed by atoms with Crippen molar-refractivity contribution in [3.8, 4) is 0 Å². The number of rotatable bonds is 15. The molecule has 0 aliphatic carbocycles. The lowest BCUT2D eigenvalue weighted by Crippen LogP contribution is -2.57. The molecule has 2 rings (SSSR count). The molecule has 15 heteroatoms. The first-order valence-electron chi connectivity index (χ1n) is 14.4. The number of carbonyl (C=O) groups excluding carboxylic acids is 6. The lowest BCUT2D eigenvalue weighted by atomic mass is 10.1. The summed E-state index contributed by atoms with van der Waals surface area (Å²) in [5.74, 6) is -3.49. The average molecular weight is 631 g/mol. The minimum Gasteiger partial charge on any atom is -0.467 e. The maximum atomic E-state index is 13.2. The highest BCUT2D eigenvalue weighted by atomic mass is 16.6. The Bertz CT molecular complexity index is 1250. The van der Waals surface area contributed by atoms with Crippen LogP contribution in [-0.2, 0) is 44.8 Å². The molecule has 45 heavy (non-hydrogen) atoms. The van der Waals surface area contributed by atoms with Crippen molar-refractivity contribution in [1.29, 1.82) is 0 Å². The van der Waals surface area contributed by atoms with E-state index in [4.69, 9.17) is 14.2 Å². The number of nitrogens with one attached hydrogen (secondary N) is 4. The molecule has 1 aromatic rings. The number of nitrogens with zero attached hydrogens (tertiary/aromatic N) is 2. The van der Waals surface area contributed by atoms with Crippen molar-refractivity contribution in [2.45, 2.75) is 96.3 Å². The van der Waals surface area contributed by atoms with E-state index in [1.54, 1.807) is 32.9 Å². The predicted molar refractivity (Wildman–Crippen MR) is 163 cm³/mol. The van der Waals surface area contributed by atoms with Crippen LogP contribution in [0, 0.1) is 0 Å². The third-order valence-corrected chi connectivity index (χ3v) is 6.25. The number of methoxy groups -OCH3 is 1. The van der Waals surface area contributed by atoms with Gasteiger partial charge in [0.2, 0.25) is 17.7 Å². The molecule has 0 radical (unpaired) electrons. The molecule has 15 nitrogen and oxygen atoms in total. The van der Waals surface area contributed by atoms with Crippen LogP contribution in [0.2, 0.25) is 0 Å². The van der Waals surface area contributed by atoms with Gasteiger partial charge in [0, 0.05) is 19.1 Å². The molecule has 0 aromatic heterocycles. The van der Waals surface area contributed by atoms with Crippen LogP contribution < -0.4 is 21.3 Å². The lowest BCUT2D eigenvalue weighted by Gasteiger charge is -2.25. The van der Waals surface area contributed by atoms with Crippen LogP contribution in [0.1, 0.15) is 59.4 Å². The molecule has 0 fully saturated rings. The monoisotopic (exact) mass is 630 g/mol. The van der Waals surface area contributed by atoms with Crippen molar-refractivity contribution in [2.24, 2.45) is 9.98 Å². The van der Waals surface area contributed by atoms with Gasteiger partial charge in [0.05, 0.1) is 13.2 Å². The summed E-state index contributed by atoms with van der Waals surface area (Å²) in [6.07, 6.45) is 1.73. The van der Waals surface area contributed by atoms with Crippen molar-refractivity contribution in [3.63, 3.8) is 0 Å². The van der Waals surface area contributed by atoms with Gasteiger partial charge in [0.25, 0.3) is 0 Å². The number of esters is 2. The van der Waals surface area contributed by atoms with E-state index in [-0.39, 0.29) is 25.9 Å². The van der Waals surface area contributed by atoms with Crippen molar-refractivity contribution in [3.05, 3.63) is 35.9 Å². The highest BCUT2D eigenvalue weighted by Gasteiger charge is 2.31. The van der Waals surface area contributed by atoms with E-state index in [0.717, 1.165) is 12.7 Å². The van der Waals surface area contributed by atoms with Gasteiger partial charge in [0.1, 0.15) is 42.7 Å². The summed E-state index contributed by atoms with van der Waals surface area (Å²) >= 11 is 0. The maximum Gasteiger partial charge on any atom is 0.408 e. The molecule has 4 amide bonds. The third-order valence-electron chi connectivity index (χ3n) is 6.25. The zero-order chi connectivity index (χ0) is 33.6. The number of benzene rings is 1. The number of carbonyl (C=O) groups is 6. The van der Waals surface area contributed by atoms with Gasteiger partial charge in [-0.25, -0.2) is 14.6 Å². The summed E-state index contributed by atoms with van der Waals surface area (Å²) in [5, 5.41) is 9.97. The molecule has 0 bridgehead atoms. The summed E-state index contributed by atoms with van der Waals surface area (Å²) in [4.78, 5) is 83.7. The Morgan fingerprint density at radius 3 is 2.07 bits per heavy atom. The fourth-order valence-corrected chi connectivity index (χ4v) is 3.88. The summed E-state index contributed by atoms with van der Waals surface area (Å²) < 4.78 is 15.2. The highest BCUT2D eigenvalue weighted by Crippen LogP contribution is 2.09. The van der Waals surface area contributed by atoms with E-state index in [2.05, 4.69) is 31.3 Å². The molecule has 1 unspecified atom stereocenters. The molecule has 1 heterocycles. The fourth-order valence-electron chi connectivity index (χ4n) is 3.88. The van der Waals surface area contributed by atoms with Gasteiger partial charge in [-0.1, -0.05) is 30.3 Å². The second-order valence-electron chi connectivity index (χ2n) is 11.3. The summed E-state index contributed by atoms with van der Waals surface area (Å²) in [5.41, 5.74) is 0.0149. The topological polar surface area (TPSA) is 203 Å². The van der Waals surface area contributed by atoms with Crippen LogP contribution in [0.25, 0.3) is 0 Å². The quantitative estimate of drug-likeness (QED) is 0.161. The molecular weight excluding hydrogens is 588 g/mol. The third kappa shape index (κ3) is 13.6. The zero-order valence-corrected chi connectivity index (χ0v) is 26.3. The summed E-state index contributed by atoms with van der Waals surface area (Å²) in [6.45, 7) is 7.89. The standard InChI is InChI=1S/C30H42N6O9/c1-18(25(38)35-22(28(41)43-6)12-13-24(37)44-16-20-10-8-7-9-11-20)33-27(40)23(14-21-15-31-17-32-21)36-26(39)19(2)34-29(42)45-30(3,4)5/h7-11,15,17-19,21-23H,12-14,16H2,1-6H3,(H,33,40)(H,34,42)(H,35,38)(H,36,39)/t18-,19-,21?,22-,23-/m0/s1. The smallest absolute Gasteiger partial charge is 0.408 e. The second-order valence-corrected chi connectivity index (χ2v) is 11.3. The van der Waals surface area contributed by atoms with Gasteiger partial charge in [-0.2, -0.15) is 0 Å². The minimum atomic E-state index is -1.19. The Balaban J connectivity index is 1.98. The normalized spacial score (nSPS) is 16.4. The number of hydrogen-bond donors (Lipinski definition) is 4. The predicted octanol–water partition coefficient (Wildman–Crippen LogP) is 0.942. The van der Waals surface area contributed by atoms with Crippen molar-refractivity contribution in [2.75, 3.05) is 7.11 Å². The molecule has 1 aromatic carbocycles. The minimum absolute atomic E-state index is 0.0148. The summed E-state index contributed by atoms with van der Waals surface area (Å²) in [6, 6.07) is 3.96. The van der Waals surface area contributed by atoms with Gasteiger partial charge in [0.15, 0.2) is 0 Å². The van der Waals surface area contributed by atoms with Crippen molar-refractivity contribution in [1.82, 2.24) is 21.3 Å². The highest BCUT2D eigenvalue weighted by molar-refractivity contribution is 5.95. The SMILES string of the molecule is COC(=O)[C@H](CCC(=O)OCc1ccccc1)NC(=O)[C@H](C)NC(=O)[C@H](CC1C=NC=N1)NC(=O)[C@H](C)NC(=O)OC(C)(C)C. The lowest BCUT2D eigenvalue weighted by molar-refractivity contribution is -0.148. The summed E-state index contributed by atoms with van der Waals surface area (Å²) in [7, 11) is 1.14. The van der Waals surface area contributed by atoms with Crippen LogP contribution in [0.15, 0.2) is 40.3 Å². The van der Waals surface area contributed by atoms with E-state index in [1.807, 2.05) is 18.2 Å². The molecule has 1 aliphatic heterocycles. The Labute approximate surface area is 261 Å². The van der Waals surface area contributed by atoms with Gasteiger partial charge in [-0.3, -0.25) is 24.2 Å². The number of ether oxygens (including phenoxy) is 3. The number of hydrogen-bond acceptors (Lipinski definition) is 11. The van der Waals surface area contributed by atoms with Crippen LogP contribution in [0.5, 0.6) is 0 Å². The first-order chi connectivity index (χ1) is 21.2. The molecule has 4 N–H and O–H groups in total. The molecule has 0 saturated heterocycles. The van der Waals surface area contributed by atoms with E-state index in [1.165, 1.54) is 26.4 Å². The molecule has 0 saturated carbocycles. The van der Waals surface area contributed by atoms with E-state index < -0.39 is 71.6 Å². The zero-order valence-electron chi connectivity index (χ0n) is 26.3. The second kappa shape index (κ2) is 17.5. The van der Waals surface area contributed by atoms with Gasteiger partial charge in [-0.05, 0) is 46.6 Å². The first kappa shape index (κ1) is 36.4. The number of aliphatic imine (C=N–C) groups is 2. The van der Waals surface area contributed by atoms with E-state index in [0.29, 0.717) is 0 Å². The molecule has 0 spiro atoms. The molecule has 246 valence electrons. The van der Waals surface area contributed by atoms with Crippen molar-refractivity contribution >= 4 is 48.3 Å².